The van der Waals surface area contributed by atoms with Crippen LogP contribution in [0.25, 0.3) is 0 Å². The molecular weight excluding hydrogens is 350 g/mol. The lowest BCUT2D eigenvalue weighted by atomic mass is 9.97. The van der Waals surface area contributed by atoms with Gasteiger partial charge in [0.05, 0.1) is 25.4 Å². The van der Waals surface area contributed by atoms with E-state index in [0.29, 0.717) is 13.0 Å². The highest BCUT2D eigenvalue weighted by atomic mass is 16.5. The van der Waals surface area contributed by atoms with Gasteiger partial charge in [0, 0.05) is 6.42 Å². The SMILES string of the molecule is COc1cccc(C2CC(c3cccc(C)c3)=NN2C(=O)CN2CCCC2)c1. The van der Waals surface area contributed by atoms with Crippen molar-refractivity contribution >= 4 is 11.6 Å². The number of aryl methyl sites for hydroxylation is 1. The molecule has 2 aliphatic heterocycles. The number of hydrazone groups is 1. The number of ether oxygens (including phenoxy) is 1. The summed E-state index contributed by atoms with van der Waals surface area (Å²) in [6.07, 6.45) is 3.05. The van der Waals surface area contributed by atoms with Gasteiger partial charge >= 0.3 is 0 Å². The number of rotatable bonds is 5. The van der Waals surface area contributed by atoms with E-state index in [-0.39, 0.29) is 11.9 Å². The van der Waals surface area contributed by atoms with Crippen molar-refractivity contribution in [3.05, 3.63) is 65.2 Å². The molecule has 0 aliphatic carbocycles. The average molecular weight is 377 g/mol. The number of hydrogen-bond acceptors (Lipinski definition) is 4. The zero-order valence-corrected chi connectivity index (χ0v) is 16.6. The lowest BCUT2D eigenvalue weighted by Gasteiger charge is -2.24. The first-order valence-corrected chi connectivity index (χ1v) is 9.97. The highest BCUT2D eigenvalue weighted by Gasteiger charge is 2.34. The third-order valence-electron chi connectivity index (χ3n) is 5.55. The second-order valence-corrected chi connectivity index (χ2v) is 7.63. The number of benzene rings is 2. The molecule has 28 heavy (non-hydrogen) atoms. The van der Waals surface area contributed by atoms with Gasteiger partial charge in [-0.2, -0.15) is 5.10 Å². The Morgan fingerprint density at radius 1 is 1.14 bits per heavy atom. The van der Waals surface area contributed by atoms with Gasteiger partial charge in [-0.05, 0) is 56.1 Å². The second-order valence-electron chi connectivity index (χ2n) is 7.63. The minimum atomic E-state index is -0.0966. The molecule has 0 N–H and O–H groups in total. The van der Waals surface area contributed by atoms with Gasteiger partial charge in [0.25, 0.3) is 5.91 Å². The van der Waals surface area contributed by atoms with Gasteiger partial charge in [0.2, 0.25) is 0 Å². The van der Waals surface area contributed by atoms with E-state index in [1.54, 1.807) is 12.1 Å². The Morgan fingerprint density at radius 3 is 2.68 bits per heavy atom. The number of carbonyl (C=O) groups excluding carboxylic acids is 1. The Morgan fingerprint density at radius 2 is 1.93 bits per heavy atom. The summed E-state index contributed by atoms with van der Waals surface area (Å²) in [5, 5.41) is 6.49. The molecule has 4 rings (SSSR count). The molecule has 0 bridgehead atoms. The second kappa shape index (κ2) is 8.15. The monoisotopic (exact) mass is 377 g/mol. The molecule has 146 valence electrons. The summed E-state index contributed by atoms with van der Waals surface area (Å²) in [7, 11) is 1.67. The third-order valence-corrected chi connectivity index (χ3v) is 5.55. The molecule has 1 atom stereocenters. The zero-order valence-electron chi connectivity index (χ0n) is 16.6. The van der Waals surface area contributed by atoms with Crippen LogP contribution in [0.4, 0.5) is 0 Å². The van der Waals surface area contributed by atoms with Crippen molar-refractivity contribution < 1.29 is 9.53 Å². The molecule has 0 saturated carbocycles. The number of methoxy groups -OCH3 is 1. The third kappa shape index (κ3) is 3.94. The average Bonchev–Trinajstić information content (AvgIpc) is 3.38. The fraction of sp³-hybridized carbons (Fsp3) is 0.391. The van der Waals surface area contributed by atoms with Crippen molar-refractivity contribution in [1.82, 2.24) is 9.91 Å². The fourth-order valence-electron chi connectivity index (χ4n) is 4.05. The number of likely N-dealkylation sites (tertiary alicyclic amines) is 1. The van der Waals surface area contributed by atoms with Gasteiger partial charge < -0.3 is 4.74 Å². The molecule has 0 spiro atoms. The van der Waals surface area contributed by atoms with Crippen LogP contribution in [0.5, 0.6) is 5.75 Å². The molecule has 1 amide bonds. The van der Waals surface area contributed by atoms with Crippen LogP contribution in [0.3, 0.4) is 0 Å². The Labute approximate surface area is 166 Å². The Bertz CT molecular complexity index is 887. The largest absolute Gasteiger partial charge is 0.497 e. The van der Waals surface area contributed by atoms with E-state index in [4.69, 9.17) is 9.84 Å². The standard InChI is InChI=1S/C23H27N3O2/c1-17-7-5-8-18(13-17)21-15-22(19-9-6-10-20(14-19)28-2)26(24-21)23(27)16-25-11-3-4-12-25/h5-10,13-14,22H,3-4,11-12,15-16H2,1-2H3. The molecule has 5 heteroatoms. The Kier molecular flexibility index (Phi) is 5.44. The van der Waals surface area contributed by atoms with Crippen LogP contribution in [0.1, 0.15) is 42.0 Å². The minimum absolute atomic E-state index is 0.0670. The smallest absolute Gasteiger partial charge is 0.257 e. The van der Waals surface area contributed by atoms with Crippen molar-refractivity contribution in [2.45, 2.75) is 32.2 Å². The van der Waals surface area contributed by atoms with E-state index in [1.165, 1.54) is 18.4 Å². The van der Waals surface area contributed by atoms with Crippen LogP contribution >= 0.6 is 0 Å². The van der Waals surface area contributed by atoms with E-state index in [2.05, 4.69) is 36.1 Å². The first kappa shape index (κ1) is 18.7. The van der Waals surface area contributed by atoms with Crippen molar-refractivity contribution in [3.8, 4) is 5.75 Å². The maximum Gasteiger partial charge on any atom is 0.257 e. The molecule has 1 unspecified atom stereocenters. The number of hydrogen-bond donors (Lipinski definition) is 0. The van der Waals surface area contributed by atoms with E-state index in [1.807, 2.05) is 24.3 Å². The predicted octanol–water partition coefficient (Wildman–Crippen LogP) is 3.78. The Hall–Kier alpha value is -2.66. The highest BCUT2D eigenvalue weighted by Crippen LogP contribution is 2.34. The minimum Gasteiger partial charge on any atom is -0.497 e. The number of nitrogens with zero attached hydrogens (tertiary/aromatic N) is 3. The van der Waals surface area contributed by atoms with Crippen molar-refractivity contribution in [1.29, 1.82) is 0 Å². The molecule has 2 aromatic carbocycles. The predicted molar refractivity (Wildman–Crippen MR) is 111 cm³/mol. The summed E-state index contributed by atoms with van der Waals surface area (Å²) in [6, 6.07) is 16.2. The molecule has 5 nitrogen and oxygen atoms in total. The molecule has 2 aromatic rings. The maximum absolute atomic E-state index is 13.1. The summed E-state index contributed by atoms with van der Waals surface area (Å²) < 4.78 is 5.40. The van der Waals surface area contributed by atoms with Crippen LogP contribution < -0.4 is 4.74 Å². The van der Waals surface area contributed by atoms with Gasteiger partial charge in [-0.15, -0.1) is 0 Å². The highest BCUT2D eigenvalue weighted by molar-refractivity contribution is 6.03. The Balaban J connectivity index is 1.64. The zero-order chi connectivity index (χ0) is 19.5. The molecule has 2 heterocycles. The van der Waals surface area contributed by atoms with Crippen LogP contribution in [0.2, 0.25) is 0 Å². The molecular formula is C23H27N3O2. The molecule has 0 radical (unpaired) electrons. The molecule has 0 aromatic heterocycles. The molecule has 2 aliphatic rings. The summed E-state index contributed by atoms with van der Waals surface area (Å²) in [6.45, 7) is 4.51. The van der Waals surface area contributed by atoms with Crippen LogP contribution in [0.15, 0.2) is 53.6 Å². The van der Waals surface area contributed by atoms with E-state index in [9.17, 15) is 4.79 Å². The lowest BCUT2D eigenvalue weighted by Crippen LogP contribution is -2.36. The summed E-state index contributed by atoms with van der Waals surface area (Å²) in [5.41, 5.74) is 4.30. The topological polar surface area (TPSA) is 45.1 Å². The maximum atomic E-state index is 13.1. The first-order valence-electron chi connectivity index (χ1n) is 9.97. The first-order chi connectivity index (χ1) is 13.6. The quantitative estimate of drug-likeness (QED) is 0.797. The van der Waals surface area contributed by atoms with E-state index >= 15 is 0 Å². The number of amides is 1. The fourth-order valence-corrected chi connectivity index (χ4v) is 4.05. The number of carbonyl (C=O) groups is 1. The summed E-state index contributed by atoms with van der Waals surface area (Å²) in [5.74, 6) is 0.867. The van der Waals surface area contributed by atoms with Gasteiger partial charge in [-0.25, -0.2) is 5.01 Å². The van der Waals surface area contributed by atoms with Gasteiger partial charge in [0.1, 0.15) is 5.75 Å². The molecule has 1 saturated heterocycles. The van der Waals surface area contributed by atoms with E-state index in [0.717, 1.165) is 35.7 Å². The van der Waals surface area contributed by atoms with Crippen molar-refractivity contribution in [3.63, 3.8) is 0 Å². The van der Waals surface area contributed by atoms with Gasteiger partial charge in [0.15, 0.2) is 0 Å². The normalized spacial score (nSPS) is 19.7. The lowest BCUT2D eigenvalue weighted by molar-refractivity contribution is -0.134. The van der Waals surface area contributed by atoms with Crippen LogP contribution in [-0.4, -0.2) is 48.3 Å². The van der Waals surface area contributed by atoms with Crippen LogP contribution in [-0.2, 0) is 4.79 Å². The van der Waals surface area contributed by atoms with Gasteiger partial charge in [-0.1, -0.05) is 42.0 Å². The van der Waals surface area contributed by atoms with E-state index < -0.39 is 0 Å². The van der Waals surface area contributed by atoms with Gasteiger partial charge in [-0.3, -0.25) is 9.69 Å². The molecule has 1 fully saturated rings. The summed E-state index contributed by atoms with van der Waals surface area (Å²) >= 11 is 0. The van der Waals surface area contributed by atoms with Crippen LogP contribution in [0, 0.1) is 6.92 Å². The summed E-state index contributed by atoms with van der Waals surface area (Å²) in [4.78, 5) is 15.4. The van der Waals surface area contributed by atoms with Crippen molar-refractivity contribution in [2.24, 2.45) is 5.10 Å². The van der Waals surface area contributed by atoms with Crippen molar-refractivity contribution in [2.75, 3.05) is 26.7 Å².